The number of halogens is 1. The van der Waals surface area contributed by atoms with Crippen LogP contribution in [0.3, 0.4) is 0 Å². The van der Waals surface area contributed by atoms with Gasteiger partial charge in [0.05, 0.1) is 17.4 Å². The van der Waals surface area contributed by atoms with Crippen LogP contribution in [-0.4, -0.2) is 10.8 Å². The zero-order valence-electron chi connectivity index (χ0n) is 8.35. The summed E-state index contributed by atoms with van der Waals surface area (Å²) in [6.45, 7) is 0. The minimum atomic E-state index is -0.550. The van der Waals surface area contributed by atoms with Gasteiger partial charge in [0, 0.05) is 0 Å². The summed E-state index contributed by atoms with van der Waals surface area (Å²) in [5.41, 5.74) is 6.10. The number of aromatic nitrogens is 1. The maximum Gasteiger partial charge on any atom is 0.214 e. The number of nitrogens with zero attached hydrogens (tertiary/aromatic N) is 1. The lowest BCUT2D eigenvalue weighted by Crippen LogP contribution is -2.06. The van der Waals surface area contributed by atoms with E-state index in [4.69, 9.17) is 5.73 Å². The van der Waals surface area contributed by atoms with E-state index in [9.17, 15) is 9.18 Å². The molecule has 0 saturated carbocycles. The van der Waals surface area contributed by atoms with Crippen LogP contribution in [0.25, 0.3) is 0 Å². The van der Waals surface area contributed by atoms with Crippen molar-refractivity contribution in [3.8, 4) is 0 Å². The van der Waals surface area contributed by atoms with Crippen molar-refractivity contribution < 1.29 is 9.18 Å². The fraction of sp³-hybridized carbons (Fsp3) is 0. The summed E-state index contributed by atoms with van der Waals surface area (Å²) in [4.78, 5) is 15.7. The Morgan fingerprint density at radius 2 is 1.94 bits per heavy atom. The quantitative estimate of drug-likeness (QED) is 0.781. The van der Waals surface area contributed by atoms with Crippen molar-refractivity contribution in [2.24, 2.45) is 0 Å². The van der Waals surface area contributed by atoms with Gasteiger partial charge >= 0.3 is 0 Å². The highest BCUT2D eigenvalue weighted by atomic mass is 19.1. The van der Waals surface area contributed by atoms with Crippen molar-refractivity contribution in [3.05, 3.63) is 59.7 Å². The molecule has 0 bridgehead atoms. The van der Waals surface area contributed by atoms with Crippen LogP contribution in [0.15, 0.2) is 42.6 Å². The second-order valence-corrected chi connectivity index (χ2v) is 3.29. The molecular formula is C12H9FN2O. The number of carbonyl (C=O) groups is 1. The minimum Gasteiger partial charge on any atom is -0.397 e. The molecule has 0 saturated heterocycles. The van der Waals surface area contributed by atoms with Crippen molar-refractivity contribution in [1.29, 1.82) is 0 Å². The van der Waals surface area contributed by atoms with Crippen LogP contribution in [0.4, 0.5) is 10.1 Å². The topological polar surface area (TPSA) is 56.0 Å². The van der Waals surface area contributed by atoms with Crippen LogP contribution in [-0.2, 0) is 0 Å². The maximum absolute atomic E-state index is 13.3. The Bertz CT molecular complexity index is 523. The fourth-order valence-corrected chi connectivity index (χ4v) is 1.32. The van der Waals surface area contributed by atoms with Gasteiger partial charge in [-0.3, -0.25) is 9.78 Å². The highest BCUT2D eigenvalue weighted by molar-refractivity contribution is 6.07. The molecular weight excluding hydrogens is 207 g/mol. The molecule has 16 heavy (non-hydrogen) atoms. The monoisotopic (exact) mass is 216 g/mol. The van der Waals surface area contributed by atoms with Crippen LogP contribution in [0.2, 0.25) is 0 Å². The fourth-order valence-electron chi connectivity index (χ4n) is 1.32. The number of hydrogen-bond acceptors (Lipinski definition) is 3. The molecule has 0 radical (unpaired) electrons. The Balaban J connectivity index is 2.40. The van der Waals surface area contributed by atoms with Gasteiger partial charge < -0.3 is 5.73 Å². The standard InChI is InChI=1S/C12H9FN2O/c13-10-4-2-1-3-9(10)12(16)11-6-5-8(14)7-15-11/h1-7H,14H2. The van der Waals surface area contributed by atoms with Gasteiger partial charge in [-0.05, 0) is 24.3 Å². The number of benzene rings is 1. The highest BCUT2D eigenvalue weighted by Crippen LogP contribution is 2.12. The number of nitrogen functional groups attached to an aromatic ring is 1. The molecule has 0 amide bonds. The lowest BCUT2D eigenvalue weighted by Gasteiger charge is -2.01. The molecule has 0 unspecified atom stereocenters. The average Bonchev–Trinajstić information content (AvgIpc) is 2.30. The normalized spacial score (nSPS) is 10.1. The minimum absolute atomic E-state index is 0.0137. The third-order valence-electron chi connectivity index (χ3n) is 2.14. The van der Waals surface area contributed by atoms with E-state index in [1.165, 1.54) is 30.5 Å². The Morgan fingerprint density at radius 1 is 1.19 bits per heavy atom. The first-order valence-electron chi connectivity index (χ1n) is 4.69. The van der Waals surface area contributed by atoms with Gasteiger partial charge in [-0.15, -0.1) is 0 Å². The van der Waals surface area contributed by atoms with E-state index in [2.05, 4.69) is 4.98 Å². The number of pyridine rings is 1. The van der Waals surface area contributed by atoms with Gasteiger partial charge in [0.15, 0.2) is 0 Å². The summed E-state index contributed by atoms with van der Waals surface area (Å²) in [7, 11) is 0. The van der Waals surface area contributed by atoms with E-state index in [1.807, 2.05) is 0 Å². The predicted octanol–water partition coefficient (Wildman–Crippen LogP) is 2.03. The van der Waals surface area contributed by atoms with Crippen LogP contribution >= 0.6 is 0 Å². The van der Waals surface area contributed by atoms with E-state index in [0.29, 0.717) is 5.69 Å². The Morgan fingerprint density at radius 3 is 2.56 bits per heavy atom. The van der Waals surface area contributed by atoms with Gasteiger partial charge in [-0.25, -0.2) is 4.39 Å². The molecule has 0 aliphatic rings. The largest absolute Gasteiger partial charge is 0.397 e. The van der Waals surface area contributed by atoms with Crippen molar-refractivity contribution in [2.45, 2.75) is 0 Å². The molecule has 1 aromatic carbocycles. The summed E-state index contributed by atoms with van der Waals surface area (Å²) < 4.78 is 13.3. The first-order chi connectivity index (χ1) is 7.68. The molecule has 0 aliphatic heterocycles. The summed E-state index contributed by atoms with van der Waals surface area (Å²) in [5, 5.41) is 0. The Kier molecular flexibility index (Phi) is 2.64. The molecule has 2 N–H and O–H groups in total. The summed E-state index contributed by atoms with van der Waals surface area (Å²) in [5.74, 6) is -0.996. The molecule has 1 aromatic heterocycles. The van der Waals surface area contributed by atoms with Gasteiger partial charge in [-0.1, -0.05) is 12.1 Å². The third-order valence-corrected chi connectivity index (χ3v) is 2.14. The van der Waals surface area contributed by atoms with Crippen molar-refractivity contribution in [3.63, 3.8) is 0 Å². The zero-order valence-corrected chi connectivity index (χ0v) is 8.35. The molecule has 4 heteroatoms. The maximum atomic E-state index is 13.3. The van der Waals surface area contributed by atoms with Gasteiger partial charge in [0.1, 0.15) is 11.5 Å². The summed E-state index contributed by atoms with van der Waals surface area (Å²) in [6.07, 6.45) is 1.37. The average molecular weight is 216 g/mol. The lowest BCUT2D eigenvalue weighted by atomic mass is 10.1. The smallest absolute Gasteiger partial charge is 0.214 e. The zero-order chi connectivity index (χ0) is 11.5. The number of nitrogens with two attached hydrogens (primary N) is 1. The number of carbonyl (C=O) groups excluding carboxylic acids is 1. The second-order valence-electron chi connectivity index (χ2n) is 3.29. The molecule has 0 spiro atoms. The summed E-state index contributed by atoms with van der Waals surface area (Å²) >= 11 is 0. The molecule has 3 nitrogen and oxygen atoms in total. The van der Waals surface area contributed by atoms with Gasteiger partial charge in [0.2, 0.25) is 5.78 Å². The lowest BCUT2D eigenvalue weighted by molar-refractivity contribution is 0.103. The SMILES string of the molecule is Nc1ccc(C(=O)c2ccccc2F)nc1. The highest BCUT2D eigenvalue weighted by Gasteiger charge is 2.13. The summed E-state index contributed by atoms with van der Waals surface area (Å²) in [6, 6.07) is 8.83. The number of ketones is 1. The van der Waals surface area contributed by atoms with Crippen LogP contribution in [0.5, 0.6) is 0 Å². The molecule has 1 heterocycles. The Labute approximate surface area is 91.7 Å². The first-order valence-corrected chi connectivity index (χ1v) is 4.69. The van der Waals surface area contributed by atoms with Gasteiger partial charge in [-0.2, -0.15) is 0 Å². The number of anilines is 1. The number of rotatable bonds is 2. The van der Waals surface area contributed by atoms with E-state index in [0.717, 1.165) is 0 Å². The first kappa shape index (κ1) is 10.3. The molecule has 0 atom stereocenters. The molecule has 0 fully saturated rings. The second kappa shape index (κ2) is 4.10. The van der Waals surface area contributed by atoms with Crippen LogP contribution in [0, 0.1) is 5.82 Å². The van der Waals surface area contributed by atoms with E-state index in [1.54, 1.807) is 12.1 Å². The van der Waals surface area contributed by atoms with Crippen LogP contribution < -0.4 is 5.73 Å². The van der Waals surface area contributed by atoms with E-state index in [-0.39, 0.29) is 11.3 Å². The molecule has 2 aromatic rings. The Hall–Kier alpha value is -2.23. The number of hydrogen-bond donors (Lipinski definition) is 1. The van der Waals surface area contributed by atoms with E-state index < -0.39 is 11.6 Å². The molecule has 2 rings (SSSR count). The molecule has 80 valence electrons. The predicted molar refractivity (Wildman–Crippen MR) is 58.5 cm³/mol. The van der Waals surface area contributed by atoms with Crippen molar-refractivity contribution in [2.75, 3.05) is 5.73 Å². The third kappa shape index (κ3) is 1.91. The van der Waals surface area contributed by atoms with Crippen LogP contribution in [0.1, 0.15) is 16.1 Å². The van der Waals surface area contributed by atoms with E-state index >= 15 is 0 Å². The van der Waals surface area contributed by atoms with Gasteiger partial charge in [0.25, 0.3) is 0 Å². The molecule has 0 aliphatic carbocycles. The van der Waals surface area contributed by atoms with Crippen molar-refractivity contribution in [1.82, 2.24) is 4.98 Å². The van der Waals surface area contributed by atoms with Crippen molar-refractivity contribution >= 4 is 11.5 Å².